The molecule has 1 rings (SSSR count). The van der Waals surface area contributed by atoms with E-state index in [1.54, 1.807) is 13.8 Å². The highest BCUT2D eigenvalue weighted by Gasteiger charge is 2.11. The normalized spacial score (nSPS) is 8.32. The van der Waals surface area contributed by atoms with Crippen molar-refractivity contribution in [2.45, 2.75) is 47.0 Å². The van der Waals surface area contributed by atoms with E-state index >= 15 is 0 Å². The highest BCUT2D eigenvalue weighted by Crippen LogP contribution is 2.21. The summed E-state index contributed by atoms with van der Waals surface area (Å²) in [6.45, 7) is 12.3. The van der Waals surface area contributed by atoms with Crippen molar-refractivity contribution in [2.75, 3.05) is 0 Å². The lowest BCUT2D eigenvalue weighted by molar-refractivity contribution is 0.590. The molecule has 0 nitrogen and oxygen atoms in total. The van der Waals surface area contributed by atoms with Crippen molar-refractivity contribution in [1.29, 1.82) is 0 Å². The van der Waals surface area contributed by atoms with Crippen LogP contribution < -0.4 is 0 Å². The summed E-state index contributed by atoms with van der Waals surface area (Å²) in [5, 5.41) is 0. The van der Waals surface area contributed by atoms with Crippen LogP contribution in [0.5, 0.6) is 0 Å². The van der Waals surface area contributed by atoms with Gasteiger partial charge < -0.3 is 0 Å². The van der Waals surface area contributed by atoms with Crippen molar-refractivity contribution in [3.63, 3.8) is 0 Å². The second-order valence-electron chi connectivity index (χ2n) is 5.12. The van der Waals surface area contributed by atoms with Gasteiger partial charge in [0, 0.05) is 2.85 Å². The van der Waals surface area contributed by atoms with Crippen molar-refractivity contribution in [3.8, 4) is 35.5 Å². The summed E-state index contributed by atoms with van der Waals surface area (Å²) in [4.78, 5) is 0. The molecule has 0 bridgehead atoms. The number of hydrogen-bond acceptors (Lipinski definition) is 0. The zero-order chi connectivity index (χ0) is 14.7. The van der Waals surface area contributed by atoms with Crippen LogP contribution in [0.1, 0.15) is 48.6 Å². The van der Waals surface area contributed by atoms with Gasteiger partial charge in [-0.1, -0.05) is 62.4 Å². The van der Waals surface area contributed by atoms with Crippen molar-refractivity contribution < 1.29 is 2.85 Å². The Morgan fingerprint density at radius 1 is 0.789 bits per heavy atom. The van der Waals surface area contributed by atoms with Gasteiger partial charge in [0.05, 0.1) is 0 Å². The maximum Gasteiger partial charge on any atom is 0 e. The van der Waals surface area contributed by atoms with E-state index < -0.39 is 0 Å². The van der Waals surface area contributed by atoms with Crippen LogP contribution in [0, 0.1) is 42.4 Å². The summed E-state index contributed by atoms with van der Waals surface area (Å²) in [6.07, 6.45) is 0. The molecule has 0 fully saturated rings. The molecule has 0 aliphatic carbocycles. The third-order valence-corrected chi connectivity index (χ3v) is 2.36. The monoisotopic (exact) mass is 254 g/mol. The Bertz CT molecular complexity index is 532. The first-order valence-electron chi connectivity index (χ1n) is 6.32. The minimum Gasteiger partial charge on any atom is -0.0925 e. The lowest BCUT2D eigenvalue weighted by atomic mass is 9.87. The summed E-state index contributed by atoms with van der Waals surface area (Å²) in [5.41, 5.74) is 3.02. The molecule has 1 aromatic rings. The Morgan fingerprint density at radius 3 is 1.53 bits per heavy atom. The van der Waals surface area contributed by atoms with Crippen molar-refractivity contribution in [1.82, 2.24) is 0 Å². The fourth-order valence-electron chi connectivity index (χ4n) is 1.24. The van der Waals surface area contributed by atoms with E-state index in [2.05, 4.69) is 87.5 Å². The summed E-state index contributed by atoms with van der Waals surface area (Å²) in [7, 11) is 0. The van der Waals surface area contributed by atoms with Crippen LogP contribution in [-0.4, -0.2) is 0 Å². The van der Waals surface area contributed by atoms with Gasteiger partial charge in [0.2, 0.25) is 0 Å². The number of benzene rings is 1. The summed E-state index contributed by atoms with van der Waals surface area (Å²) in [5.74, 6) is 15.5. The van der Waals surface area contributed by atoms with Crippen molar-refractivity contribution in [3.05, 3.63) is 35.4 Å². The molecule has 0 aliphatic rings. The van der Waals surface area contributed by atoms with E-state index in [-0.39, 0.29) is 8.27 Å². The van der Waals surface area contributed by atoms with E-state index in [1.165, 1.54) is 11.1 Å². The fourth-order valence-corrected chi connectivity index (χ4v) is 1.24. The summed E-state index contributed by atoms with van der Waals surface area (Å²) < 4.78 is 0. The zero-order valence-corrected chi connectivity index (χ0v) is 12.8. The van der Waals surface area contributed by atoms with Gasteiger partial charge in [0.15, 0.2) is 0 Å². The van der Waals surface area contributed by atoms with Crippen LogP contribution in [0.15, 0.2) is 24.3 Å². The van der Waals surface area contributed by atoms with Crippen LogP contribution in [0.25, 0.3) is 0 Å². The number of rotatable bonds is 0. The van der Waals surface area contributed by atoms with Gasteiger partial charge in [-0.25, -0.2) is 0 Å². The zero-order valence-electron chi connectivity index (χ0n) is 12.8. The highest BCUT2D eigenvalue weighted by atomic mass is 14.2. The van der Waals surface area contributed by atoms with Gasteiger partial charge in [0.1, 0.15) is 0 Å². The van der Waals surface area contributed by atoms with Crippen molar-refractivity contribution in [2.24, 2.45) is 0 Å². The molecule has 0 amide bonds. The average molecular weight is 254 g/mol. The van der Waals surface area contributed by atoms with E-state index in [4.69, 9.17) is 0 Å². The first kappa shape index (κ1) is 16.9. The maximum atomic E-state index is 2.64. The first-order chi connectivity index (χ1) is 8.91. The molecule has 0 heterocycles. The molecule has 0 atom stereocenters. The molecular weight excluding hydrogens is 228 g/mol. The third-order valence-electron chi connectivity index (χ3n) is 2.36. The van der Waals surface area contributed by atoms with Crippen LogP contribution >= 0.6 is 0 Å². The molecule has 0 unspecified atom stereocenters. The van der Waals surface area contributed by atoms with E-state index in [1.807, 2.05) is 0 Å². The first-order valence-corrected chi connectivity index (χ1v) is 6.32. The number of hydrogen-bond donors (Lipinski definition) is 0. The van der Waals surface area contributed by atoms with Crippen molar-refractivity contribution >= 4 is 0 Å². The average Bonchev–Trinajstić information content (AvgIpc) is 2.35. The Balaban J connectivity index is -0.000000295. The molecular formula is C19H26. The molecule has 0 saturated carbocycles. The quantitative estimate of drug-likeness (QED) is 0.582. The molecule has 0 saturated heterocycles. The summed E-state index contributed by atoms with van der Waals surface area (Å²) >= 11 is 0. The Kier molecular flexibility index (Phi) is 7.93. The van der Waals surface area contributed by atoms with E-state index in [0.29, 0.717) is 0 Å². The van der Waals surface area contributed by atoms with E-state index in [9.17, 15) is 0 Å². The lowest BCUT2D eigenvalue weighted by Crippen LogP contribution is -2.10. The maximum absolute atomic E-state index is 2.64. The van der Waals surface area contributed by atoms with Crippen LogP contribution in [0.4, 0.5) is 0 Å². The van der Waals surface area contributed by atoms with Crippen LogP contribution in [0.2, 0.25) is 0 Å². The number of aryl methyl sites for hydroxylation is 1. The Labute approximate surface area is 121 Å². The molecule has 102 valence electrons. The van der Waals surface area contributed by atoms with Gasteiger partial charge in [0.25, 0.3) is 0 Å². The molecule has 0 N–H and O–H groups in total. The highest BCUT2D eigenvalue weighted by molar-refractivity contribution is 5.34. The molecule has 0 heteroatoms. The summed E-state index contributed by atoms with van der Waals surface area (Å²) in [6, 6.07) is 8.74. The van der Waals surface area contributed by atoms with Gasteiger partial charge >= 0.3 is 0 Å². The standard InChI is InChI=1S/C11H16.C8H6.2H2/c1-9-5-7-10(8-6-9)11(2,3)4;1-3-5-7-8-6-4-2;;/h5-8H,1-4H3;1-2H3;2*1H. The second kappa shape index (κ2) is 8.91. The van der Waals surface area contributed by atoms with E-state index in [0.717, 1.165) is 0 Å². The SMILES string of the molecule is CC#CC#CC#CC.Cc1ccc(C(C)(C)C)cc1.[HH].[HH]. The smallest absolute Gasteiger partial charge is 0 e. The Hall–Kier alpha value is -2.10. The molecule has 0 aromatic heterocycles. The van der Waals surface area contributed by atoms with Crippen LogP contribution in [-0.2, 0) is 5.41 Å². The molecule has 0 aliphatic heterocycles. The third kappa shape index (κ3) is 8.60. The minimum atomic E-state index is 0. The second-order valence-corrected chi connectivity index (χ2v) is 5.12. The molecule has 1 aromatic carbocycles. The largest absolute Gasteiger partial charge is 0.0925 e. The topological polar surface area (TPSA) is 0 Å². The van der Waals surface area contributed by atoms with Crippen LogP contribution in [0.3, 0.4) is 0 Å². The molecule has 0 spiro atoms. The lowest BCUT2D eigenvalue weighted by Gasteiger charge is -2.18. The predicted molar refractivity (Wildman–Crippen MR) is 88.8 cm³/mol. The van der Waals surface area contributed by atoms with Gasteiger partial charge in [-0.2, -0.15) is 0 Å². The van der Waals surface area contributed by atoms with Gasteiger partial charge in [-0.15, -0.1) is 0 Å². The molecule has 19 heavy (non-hydrogen) atoms. The fraction of sp³-hybridized carbons (Fsp3) is 0.368. The van der Waals surface area contributed by atoms with Gasteiger partial charge in [-0.3, -0.25) is 0 Å². The van der Waals surface area contributed by atoms with Gasteiger partial charge in [-0.05, 0) is 55.4 Å². The predicted octanol–water partition coefficient (Wildman–Crippen LogP) is 4.82. The molecule has 0 radical (unpaired) electrons. The Morgan fingerprint density at radius 2 is 1.21 bits per heavy atom. The minimum absolute atomic E-state index is 0.